The zero-order valence-corrected chi connectivity index (χ0v) is 11.2. The first kappa shape index (κ1) is 13.5. The zero-order valence-electron chi connectivity index (χ0n) is 10.3. The lowest BCUT2D eigenvalue weighted by Crippen LogP contribution is -2.39. The SMILES string of the molecule is C[C@H](Sc1ccc2c(c1)OCCO2)C(=O)NC(N)=O. The van der Waals surface area contributed by atoms with Gasteiger partial charge in [-0.05, 0) is 25.1 Å². The van der Waals surface area contributed by atoms with Crippen molar-refractivity contribution in [3.8, 4) is 11.5 Å². The van der Waals surface area contributed by atoms with Crippen LogP contribution in [0.25, 0.3) is 0 Å². The molecule has 0 unspecified atom stereocenters. The third-order valence-electron chi connectivity index (χ3n) is 2.44. The Morgan fingerprint density at radius 2 is 2.00 bits per heavy atom. The predicted octanol–water partition coefficient (Wildman–Crippen LogP) is 1.13. The van der Waals surface area contributed by atoms with Gasteiger partial charge in [0.15, 0.2) is 11.5 Å². The highest BCUT2D eigenvalue weighted by atomic mass is 32.2. The Hall–Kier alpha value is -1.89. The largest absolute Gasteiger partial charge is 0.486 e. The van der Waals surface area contributed by atoms with E-state index in [1.807, 2.05) is 17.4 Å². The Morgan fingerprint density at radius 1 is 1.32 bits per heavy atom. The summed E-state index contributed by atoms with van der Waals surface area (Å²) in [7, 11) is 0. The Labute approximate surface area is 114 Å². The number of nitrogens with two attached hydrogens (primary N) is 1. The molecule has 19 heavy (non-hydrogen) atoms. The molecule has 0 spiro atoms. The van der Waals surface area contributed by atoms with Crippen molar-refractivity contribution in [2.45, 2.75) is 17.1 Å². The number of carbonyl (C=O) groups is 2. The summed E-state index contributed by atoms with van der Waals surface area (Å²) in [6.07, 6.45) is 0. The van der Waals surface area contributed by atoms with Crippen LogP contribution in [-0.2, 0) is 4.79 Å². The van der Waals surface area contributed by atoms with Crippen LogP contribution in [0.2, 0.25) is 0 Å². The standard InChI is InChI=1S/C12H14N2O4S/c1-7(11(15)14-12(13)16)19-8-2-3-9-10(6-8)18-5-4-17-9/h2-3,6-7H,4-5H2,1H3,(H3,13,14,15,16)/t7-/m0/s1. The van der Waals surface area contributed by atoms with Crippen molar-refractivity contribution in [3.63, 3.8) is 0 Å². The van der Waals surface area contributed by atoms with Crippen LogP contribution in [0, 0.1) is 0 Å². The number of hydrogen-bond donors (Lipinski definition) is 2. The Balaban J connectivity index is 2.02. The number of carbonyl (C=O) groups excluding carboxylic acids is 2. The van der Waals surface area contributed by atoms with E-state index in [4.69, 9.17) is 15.2 Å². The number of hydrogen-bond acceptors (Lipinski definition) is 5. The van der Waals surface area contributed by atoms with Crippen molar-refractivity contribution in [1.29, 1.82) is 0 Å². The van der Waals surface area contributed by atoms with E-state index in [2.05, 4.69) is 0 Å². The molecule has 102 valence electrons. The van der Waals surface area contributed by atoms with E-state index in [9.17, 15) is 9.59 Å². The van der Waals surface area contributed by atoms with E-state index >= 15 is 0 Å². The molecule has 1 aliphatic heterocycles. The first-order valence-electron chi connectivity index (χ1n) is 5.73. The molecule has 0 fully saturated rings. The smallest absolute Gasteiger partial charge is 0.318 e. The molecule has 3 amide bonds. The molecule has 1 aromatic rings. The Bertz CT molecular complexity index is 507. The van der Waals surface area contributed by atoms with Gasteiger partial charge in [-0.25, -0.2) is 4.79 Å². The number of thioether (sulfide) groups is 1. The van der Waals surface area contributed by atoms with Gasteiger partial charge in [-0.2, -0.15) is 0 Å². The molecule has 0 aromatic heterocycles. The second-order valence-electron chi connectivity index (χ2n) is 3.92. The van der Waals surface area contributed by atoms with Crippen LogP contribution in [0.4, 0.5) is 4.79 Å². The quantitative estimate of drug-likeness (QED) is 0.811. The molecular weight excluding hydrogens is 268 g/mol. The fourth-order valence-electron chi connectivity index (χ4n) is 1.58. The number of nitrogens with one attached hydrogen (secondary N) is 1. The monoisotopic (exact) mass is 282 g/mol. The zero-order chi connectivity index (χ0) is 13.8. The molecule has 1 atom stereocenters. The molecule has 7 heteroatoms. The van der Waals surface area contributed by atoms with Crippen molar-refractivity contribution in [1.82, 2.24) is 5.32 Å². The lowest BCUT2D eigenvalue weighted by molar-refractivity contribution is -0.119. The van der Waals surface area contributed by atoms with E-state index in [1.54, 1.807) is 13.0 Å². The predicted molar refractivity (Wildman–Crippen MR) is 70.5 cm³/mol. The maximum Gasteiger partial charge on any atom is 0.318 e. The molecule has 1 aliphatic rings. The van der Waals surface area contributed by atoms with Gasteiger partial charge in [-0.3, -0.25) is 10.1 Å². The summed E-state index contributed by atoms with van der Waals surface area (Å²) >= 11 is 1.31. The molecule has 0 saturated heterocycles. The maximum atomic E-state index is 11.6. The first-order valence-corrected chi connectivity index (χ1v) is 6.61. The Morgan fingerprint density at radius 3 is 2.68 bits per heavy atom. The van der Waals surface area contributed by atoms with Crippen molar-refractivity contribution < 1.29 is 19.1 Å². The van der Waals surface area contributed by atoms with Crippen molar-refractivity contribution >= 4 is 23.7 Å². The highest BCUT2D eigenvalue weighted by Crippen LogP contribution is 2.35. The highest BCUT2D eigenvalue weighted by Gasteiger charge is 2.18. The van der Waals surface area contributed by atoms with Crippen LogP contribution in [0.5, 0.6) is 11.5 Å². The average Bonchev–Trinajstić information content (AvgIpc) is 2.37. The number of primary amides is 1. The van der Waals surface area contributed by atoms with Crippen molar-refractivity contribution in [3.05, 3.63) is 18.2 Å². The van der Waals surface area contributed by atoms with E-state index in [-0.39, 0.29) is 0 Å². The van der Waals surface area contributed by atoms with Crippen LogP contribution in [0.1, 0.15) is 6.92 Å². The molecule has 6 nitrogen and oxygen atoms in total. The van der Waals surface area contributed by atoms with E-state index in [0.29, 0.717) is 24.7 Å². The summed E-state index contributed by atoms with van der Waals surface area (Å²) in [5.41, 5.74) is 4.90. The summed E-state index contributed by atoms with van der Waals surface area (Å²) in [6, 6.07) is 4.61. The van der Waals surface area contributed by atoms with Gasteiger partial charge < -0.3 is 15.2 Å². The third-order valence-corrected chi connectivity index (χ3v) is 3.54. The minimum absolute atomic E-state index is 0.424. The molecular formula is C12H14N2O4S. The molecule has 2 rings (SSSR count). The second kappa shape index (κ2) is 5.83. The number of fused-ring (bicyclic) bond motifs is 1. The number of ether oxygens (including phenoxy) is 2. The molecule has 0 radical (unpaired) electrons. The molecule has 1 aromatic carbocycles. The van der Waals surface area contributed by atoms with Crippen LogP contribution in [0.3, 0.4) is 0 Å². The molecule has 0 saturated carbocycles. The minimum Gasteiger partial charge on any atom is -0.486 e. The summed E-state index contributed by atoms with van der Waals surface area (Å²) in [5, 5.41) is 1.61. The van der Waals surface area contributed by atoms with Crippen LogP contribution in [-0.4, -0.2) is 30.4 Å². The van der Waals surface area contributed by atoms with Gasteiger partial charge in [-0.15, -0.1) is 11.8 Å². The number of rotatable bonds is 3. The minimum atomic E-state index is -0.848. The first-order chi connectivity index (χ1) is 9.06. The van der Waals surface area contributed by atoms with E-state index in [0.717, 1.165) is 4.90 Å². The normalized spacial score (nSPS) is 14.6. The van der Waals surface area contributed by atoms with Gasteiger partial charge in [0.1, 0.15) is 13.2 Å². The molecule has 1 heterocycles. The topological polar surface area (TPSA) is 90.7 Å². The molecule has 0 aliphatic carbocycles. The number of benzene rings is 1. The summed E-state index contributed by atoms with van der Waals surface area (Å²) in [5.74, 6) is 0.941. The van der Waals surface area contributed by atoms with Crippen LogP contribution < -0.4 is 20.5 Å². The number of amides is 3. The van der Waals surface area contributed by atoms with Gasteiger partial charge >= 0.3 is 6.03 Å². The fraction of sp³-hybridized carbons (Fsp3) is 0.333. The second-order valence-corrected chi connectivity index (χ2v) is 5.33. The van der Waals surface area contributed by atoms with Gasteiger partial charge in [0.25, 0.3) is 0 Å². The van der Waals surface area contributed by atoms with Gasteiger partial charge in [0.2, 0.25) is 5.91 Å². The van der Waals surface area contributed by atoms with Crippen LogP contribution >= 0.6 is 11.8 Å². The maximum absolute atomic E-state index is 11.6. The summed E-state index contributed by atoms with van der Waals surface area (Å²) in [6.45, 7) is 2.75. The van der Waals surface area contributed by atoms with Crippen molar-refractivity contribution in [2.75, 3.05) is 13.2 Å². The van der Waals surface area contributed by atoms with E-state index in [1.165, 1.54) is 11.8 Å². The fourth-order valence-corrected chi connectivity index (χ4v) is 2.47. The molecule has 3 N–H and O–H groups in total. The van der Waals surface area contributed by atoms with Gasteiger partial charge in [-0.1, -0.05) is 0 Å². The van der Waals surface area contributed by atoms with Gasteiger partial charge in [0.05, 0.1) is 5.25 Å². The lowest BCUT2D eigenvalue weighted by Gasteiger charge is -2.19. The van der Waals surface area contributed by atoms with E-state index < -0.39 is 17.2 Å². The lowest BCUT2D eigenvalue weighted by atomic mass is 10.3. The summed E-state index contributed by atoms with van der Waals surface area (Å²) < 4.78 is 10.9. The summed E-state index contributed by atoms with van der Waals surface area (Å²) in [4.78, 5) is 23.0. The third kappa shape index (κ3) is 3.54. The van der Waals surface area contributed by atoms with Crippen molar-refractivity contribution in [2.24, 2.45) is 5.73 Å². The Kier molecular flexibility index (Phi) is 4.16. The number of imide groups is 1. The van der Waals surface area contributed by atoms with Crippen LogP contribution in [0.15, 0.2) is 23.1 Å². The number of urea groups is 1. The van der Waals surface area contributed by atoms with Gasteiger partial charge in [0, 0.05) is 4.90 Å². The highest BCUT2D eigenvalue weighted by molar-refractivity contribution is 8.00. The molecule has 0 bridgehead atoms. The average molecular weight is 282 g/mol.